The lowest BCUT2D eigenvalue weighted by Gasteiger charge is -2.31. The minimum atomic E-state index is -0.228. The second kappa shape index (κ2) is 6.61. The molecule has 0 unspecified atom stereocenters. The first-order chi connectivity index (χ1) is 9.54. The standard InChI is InChI=1S/C14H18ClN3O2/c1-10(19)18-8-6-13(7-9-18)17-14(20)16-12-4-2-11(15)3-5-12/h2-5,13H,6-9H2,1H3,(H2,16,17,20). The highest BCUT2D eigenvalue weighted by atomic mass is 35.5. The van der Waals surface area contributed by atoms with E-state index in [1.54, 1.807) is 36.1 Å². The first kappa shape index (κ1) is 14.7. The van der Waals surface area contributed by atoms with Crippen LogP contribution in [0.4, 0.5) is 10.5 Å². The summed E-state index contributed by atoms with van der Waals surface area (Å²) in [5.41, 5.74) is 0.702. The SMILES string of the molecule is CC(=O)N1CCC(NC(=O)Nc2ccc(Cl)cc2)CC1. The van der Waals surface area contributed by atoms with Crippen molar-refractivity contribution < 1.29 is 9.59 Å². The summed E-state index contributed by atoms with van der Waals surface area (Å²) in [6.45, 7) is 2.96. The second-order valence-corrected chi connectivity index (χ2v) is 5.32. The van der Waals surface area contributed by atoms with Gasteiger partial charge in [0.25, 0.3) is 0 Å². The Hall–Kier alpha value is -1.75. The molecule has 0 radical (unpaired) electrons. The summed E-state index contributed by atoms with van der Waals surface area (Å²) in [6.07, 6.45) is 1.57. The number of halogens is 1. The average Bonchev–Trinajstić information content (AvgIpc) is 2.42. The predicted molar refractivity (Wildman–Crippen MR) is 78.9 cm³/mol. The molecule has 0 aromatic heterocycles. The molecule has 1 aliphatic rings. The van der Waals surface area contributed by atoms with Crippen molar-refractivity contribution in [2.75, 3.05) is 18.4 Å². The van der Waals surface area contributed by atoms with Crippen molar-refractivity contribution in [3.8, 4) is 0 Å². The van der Waals surface area contributed by atoms with Gasteiger partial charge in [0, 0.05) is 36.8 Å². The monoisotopic (exact) mass is 295 g/mol. The quantitative estimate of drug-likeness (QED) is 0.880. The van der Waals surface area contributed by atoms with Crippen LogP contribution >= 0.6 is 11.6 Å². The number of hydrogen-bond acceptors (Lipinski definition) is 2. The van der Waals surface area contributed by atoms with Gasteiger partial charge in [-0.15, -0.1) is 0 Å². The van der Waals surface area contributed by atoms with E-state index >= 15 is 0 Å². The minimum Gasteiger partial charge on any atom is -0.343 e. The molecule has 0 saturated carbocycles. The molecular weight excluding hydrogens is 278 g/mol. The number of urea groups is 1. The van der Waals surface area contributed by atoms with E-state index in [1.165, 1.54) is 0 Å². The number of nitrogens with one attached hydrogen (secondary N) is 2. The zero-order valence-electron chi connectivity index (χ0n) is 11.4. The Balaban J connectivity index is 1.78. The van der Waals surface area contributed by atoms with Gasteiger partial charge in [0.05, 0.1) is 0 Å². The molecule has 108 valence electrons. The van der Waals surface area contributed by atoms with E-state index in [9.17, 15) is 9.59 Å². The van der Waals surface area contributed by atoms with E-state index in [0.717, 1.165) is 12.8 Å². The van der Waals surface area contributed by atoms with E-state index in [2.05, 4.69) is 10.6 Å². The van der Waals surface area contributed by atoms with Crippen molar-refractivity contribution in [1.82, 2.24) is 10.2 Å². The van der Waals surface area contributed by atoms with Gasteiger partial charge in [0.2, 0.25) is 5.91 Å². The Morgan fingerprint density at radius 1 is 1.20 bits per heavy atom. The number of nitrogens with zero attached hydrogens (tertiary/aromatic N) is 1. The van der Waals surface area contributed by atoms with Gasteiger partial charge >= 0.3 is 6.03 Å². The van der Waals surface area contributed by atoms with Gasteiger partial charge in [-0.3, -0.25) is 4.79 Å². The topological polar surface area (TPSA) is 61.4 Å². The molecule has 1 heterocycles. The summed E-state index contributed by atoms with van der Waals surface area (Å²) in [4.78, 5) is 24.9. The summed E-state index contributed by atoms with van der Waals surface area (Å²) in [5, 5.41) is 6.31. The van der Waals surface area contributed by atoms with Gasteiger partial charge in [-0.1, -0.05) is 11.6 Å². The van der Waals surface area contributed by atoms with E-state index in [-0.39, 0.29) is 18.0 Å². The largest absolute Gasteiger partial charge is 0.343 e. The molecule has 1 aliphatic heterocycles. The van der Waals surface area contributed by atoms with Crippen molar-refractivity contribution in [2.24, 2.45) is 0 Å². The summed E-state index contributed by atoms with van der Waals surface area (Å²) < 4.78 is 0. The first-order valence-corrected chi connectivity index (χ1v) is 7.01. The molecule has 1 aromatic carbocycles. The minimum absolute atomic E-state index is 0.0917. The maximum Gasteiger partial charge on any atom is 0.319 e. The van der Waals surface area contributed by atoms with Gasteiger partial charge in [-0.05, 0) is 37.1 Å². The van der Waals surface area contributed by atoms with Crippen LogP contribution in [0, 0.1) is 0 Å². The molecule has 6 heteroatoms. The highest BCUT2D eigenvalue weighted by Crippen LogP contribution is 2.14. The Morgan fingerprint density at radius 3 is 2.35 bits per heavy atom. The number of amides is 3. The molecule has 3 amide bonds. The average molecular weight is 296 g/mol. The van der Waals surface area contributed by atoms with Gasteiger partial charge in [-0.25, -0.2) is 4.79 Å². The molecule has 20 heavy (non-hydrogen) atoms. The van der Waals surface area contributed by atoms with Crippen LogP contribution < -0.4 is 10.6 Å². The Labute approximate surface area is 123 Å². The highest BCUT2D eigenvalue weighted by Gasteiger charge is 2.21. The zero-order valence-corrected chi connectivity index (χ0v) is 12.1. The molecule has 1 saturated heterocycles. The normalized spacial score (nSPS) is 15.8. The third-order valence-electron chi connectivity index (χ3n) is 3.38. The van der Waals surface area contributed by atoms with Crippen molar-refractivity contribution >= 4 is 29.2 Å². The molecular formula is C14H18ClN3O2. The Bertz CT molecular complexity index is 482. The molecule has 1 fully saturated rings. The smallest absolute Gasteiger partial charge is 0.319 e. The molecule has 1 aromatic rings. The van der Waals surface area contributed by atoms with E-state index in [4.69, 9.17) is 11.6 Å². The Kier molecular flexibility index (Phi) is 4.84. The van der Waals surface area contributed by atoms with Crippen LogP contribution in [0.15, 0.2) is 24.3 Å². The van der Waals surface area contributed by atoms with Gasteiger partial charge in [-0.2, -0.15) is 0 Å². The van der Waals surface area contributed by atoms with Crippen LogP contribution in [0.25, 0.3) is 0 Å². The third-order valence-corrected chi connectivity index (χ3v) is 3.63. The summed E-state index contributed by atoms with van der Waals surface area (Å²) in [7, 11) is 0. The maximum atomic E-state index is 11.8. The van der Waals surface area contributed by atoms with Crippen molar-refractivity contribution in [1.29, 1.82) is 0 Å². The molecule has 0 aliphatic carbocycles. The van der Waals surface area contributed by atoms with Crippen LogP contribution in [-0.2, 0) is 4.79 Å². The summed E-state index contributed by atoms with van der Waals surface area (Å²) in [6, 6.07) is 6.83. The Morgan fingerprint density at radius 2 is 1.80 bits per heavy atom. The molecule has 0 atom stereocenters. The second-order valence-electron chi connectivity index (χ2n) is 4.89. The molecule has 0 spiro atoms. The zero-order chi connectivity index (χ0) is 14.5. The van der Waals surface area contributed by atoms with Gasteiger partial charge < -0.3 is 15.5 Å². The van der Waals surface area contributed by atoms with Crippen LogP contribution in [0.5, 0.6) is 0 Å². The van der Waals surface area contributed by atoms with Crippen LogP contribution in [0.2, 0.25) is 5.02 Å². The number of piperidine rings is 1. The fourth-order valence-corrected chi connectivity index (χ4v) is 2.35. The van der Waals surface area contributed by atoms with Crippen molar-refractivity contribution in [2.45, 2.75) is 25.8 Å². The number of anilines is 1. The van der Waals surface area contributed by atoms with E-state index in [0.29, 0.717) is 23.8 Å². The number of carbonyl (C=O) groups is 2. The highest BCUT2D eigenvalue weighted by molar-refractivity contribution is 6.30. The third kappa shape index (κ3) is 4.13. The van der Waals surface area contributed by atoms with Gasteiger partial charge in [0.1, 0.15) is 0 Å². The first-order valence-electron chi connectivity index (χ1n) is 6.63. The van der Waals surface area contributed by atoms with Gasteiger partial charge in [0.15, 0.2) is 0 Å². The van der Waals surface area contributed by atoms with Crippen molar-refractivity contribution in [3.63, 3.8) is 0 Å². The lowest BCUT2D eigenvalue weighted by Crippen LogP contribution is -2.47. The lowest BCUT2D eigenvalue weighted by molar-refractivity contribution is -0.129. The lowest BCUT2D eigenvalue weighted by atomic mass is 10.1. The van der Waals surface area contributed by atoms with E-state index < -0.39 is 0 Å². The fraction of sp³-hybridized carbons (Fsp3) is 0.429. The maximum absolute atomic E-state index is 11.8. The van der Waals surface area contributed by atoms with E-state index in [1.807, 2.05) is 0 Å². The molecule has 5 nitrogen and oxygen atoms in total. The number of hydrogen-bond donors (Lipinski definition) is 2. The molecule has 2 rings (SSSR count). The fourth-order valence-electron chi connectivity index (χ4n) is 2.22. The number of benzene rings is 1. The van der Waals surface area contributed by atoms with Crippen LogP contribution in [0.3, 0.4) is 0 Å². The van der Waals surface area contributed by atoms with Crippen LogP contribution in [-0.4, -0.2) is 36.0 Å². The number of likely N-dealkylation sites (tertiary alicyclic amines) is 1. The van der Waals surface area contributed by atoms with Crippen LogP contribution in [0.1, 0.15) is 19.8 Å². The molecule has 2 N–H and O–H groups in total. The number of rotatable bonds is 2. The van der Waals surface area contributed by atoms with Crippen molar-refractivity contribution in [3.05, 3.63) is 29.3 Å². The molecule has 0 bridgehead atoms. The summed E-state index contributed by atoms with van der Waals surface area (Å²) in [5.74, 6) is 0.0917. The predicted octanol–water partition coefficient (Wildman–Crippen LogP) is 2.47. The number of carbonyl (C=O) groups excluding carboxylic acids is 2. The summed E-state index contributed by atoms with van der Waals surface area (Å²) >= 11 is 5.78.